The van der Waals surface area contributed by atoms with E-state index in [1.165, 1.54) is 30.3 Å². The second-order valence-electron chi connectivity index (χ2n) is 5.52. The van der Waals surface area contributed by atoms with Crippen LogP contribution >= 0.6 is 0 Å². The third-order valence-corrected chi connectivity index (χ3v) is 4.19. The Labute approximate surface area is 123 Å². The predicted octanol–water partition coefficient (Wildman–Crippen LogP) is 3.62. The molecule has 1 aliphatic heterocycles. The minimum Gasteiger partial charge on any atom is -0.371 e. The van der Waals surface area contributed by atoms with Gasteiger partial charge in [0.05, 0.1) is 11.1 Å². The van der Waals surface area contributed by atoms with E-state index >= 15 is 0 Å². The summed E-state index contributed by atoms with van der Waals surface area (Å²) < 4.78 is 0. The van der Waals surface area contributed by atoms with Crippen molar-refractivity contribution in [1.29, 1.82) is 0 Å². The van der Waals surface area contributed by atoms with E-state index in [1.807, 2.05) is 30.7 Å². The molecule has 4 rings (SSSR count). The first-order chi connectivity index (χ1) is 10.4. The molecule has 1 fully saturated rings. The van der Waals surface area contributed by atoms with Crippen molar-refractivity contribution in [2.45, 2.75) is 19.3 Å². The van der Waals surface area contributed by atoms with Gasteiger partial charge in [-0.1, -0.05) is 6.07 Å². The molecule has 0 spiro atoms. The van der Waals surface area contributed by atoms with Crippen molar-refractivity contribution >= 4 is 16.7 Å². The Balaban J connectivity index is 1.89. The Morgan fingerprint density at radius 3 is 2.67 bits per heavy atom. The highest BCUT2D eigenvalue weighted by Gasteiger charge is 2.18. The van der Waals surface area contributed by atoms with Crippen LogP contribution in [0.4, 0.5) is 5.69 Å². The normalized spacial score (nSPS) is 15.5. The van der Waals surface area contributed by atoms with E-state index < -0.39 is 0 Å². The Morgan fingerprint density at radius 2 is 1.86 bits per heavy atom. The molecule has 4 heterocycles. The highest BCUT2D eigenvalue weighted by molar-refractivity contribution is 6.01. The molecule has 0 unspecified atom stereocenters. The minimum absolute atomic E-state index is 0.943. The fourth-order valence-corrected chi connectivity index (χ4v) is 3.16. The Kier molecular flexibility index (Phi) is 3.07. The number of hydrogen-bond acceptors (Lipinski definition) is 3. The Bertz CT molecular complexity index is 742. The van der Waals surface area contributed by atoms with Crippen molar-refractivity contribution in [2.24, 2.45) is 0 Å². The smallest absolute Gasteiger partial charge is 0.140 e. The third-order valence-electron chi connectivity index (χ3n) is 4.19. The summed E-state index contributed by atoms with van der Waals surface area (Å²) in [6, 6.07) is 8.16. The van der Waals surface area contributed by atoms with E-state index in [4.69, 9.17) is 0 Å². The minimum atomic E-state index is 0.943. The predicted molar refractivity (Wildman–Crippen MR) is 85.4 cm³/mol. The van der Waals surface area contributed by atoms with Crippen molar-refractivity contribution < 1.29 is 0 Å². The fourth-order valence-electron chi connectivity index (χ4n) is 3.16. The number of anilines is 1. The molecule has 1 aliphatic rings. The Hall–Kier alpha value is -2.36. The first-order valence-electron chi connectivity index (χ1n) is 7.56. The third kappa shape index (κ3) is 2.17. The molecule has 106 valence electrons. The first-order valence-corrected chi connectivity index (χ1v) is 7.56. The number of aromatic nitrogens is 3. The highest BCUT2D eigenvalue weighted by Crippen LogP contribution is 2.34. The molecule has 0 radical (unpaired) electrons. The van der Waals surface area contributed by atoms with Gasteiger partial charge in [-0.25, -0.2) is 4.98 Å². The molecule has 0 aromatic carbocycles. The van der Waals surface area contributed by atoms with Crippen molar-refractivity contribution in [3.05, 3.63) is 42.9 Å². The van der Waals surface area contributed by atoms with Crippen LogP contribution in [0.3, 0.4) is 0 Å². The van der Waals surface area contributed by atoms with Crippen LogP contribution in [0, 0.1) is 0 Å². The van der Waals surface area contributed by atoms with Gasteiger partial charge in [-0.15, -0.1) is 0 Å². The van der Waals surface area contributed by atoms with E-state index in [2.05, 4.69) is 32.0 Å². The van der Waals surface area contributed by atoms with Gasteiger partial charge in [0.1, 0.15) is 5.65 Å². The summed E-state index contributed by atoms with van der Waals surface area (Å²) in [6.45, 7) is 2.26. The molecule has 0 bridgehead atoms. The average molecular weight is 278 g/mol. The van der Waals surface area contributed by atoms with Gasteiger partial charge in [0, 0.05) is 42.9 Å². The van der Waals surface area contributed by atoms with Gasteiger partial charge < -0.3 is 9.88 Å². The van der Waals surface area contributed by atoms with Gasteiger partial charge in [-0.05, 0) is 37.5 Å². The SMILES string of the molecule is c1ccc(-c2c[nH]c3nccc(N4CCCCC4)c23)nc1. The average Bonchev–Trinajstić information content (AvgIpc) is 3.00. The number of hydrogen-bond donors (Lipinski definition) is 1. The van der Waals surface area contributed by atoms with Crippen LogP contribution in [-0.4, -0.2) is 28.0 Å². The second-order valence-corrected chi connectivity index (χ2v) is 5.52. The molecule has 0 aliphatic carbocycles. The van der Waals surface area contributed by atoms with E-state index in [1.54, 1.807) is 0 Å². The number of nitrogens with zero attached hydrogens (tertiary/aromatic N) is 3. The zero-order valence-electron chi connectivity index (χ0n) is 11.9. The number of aromatic amines is 1. The molecular formula is C17H18N4. The Morgan fingerprint density at radius 1 is 0.952 bits per heavy atom. The molecule has 4 nitrogen and oxygen atoms in total. The van der Waals surface area contributed by atoms with Gasteiger partial charge in [0.15, 0.2) is 0 Å². The maximum absolute atomic E-state index is 4.49. The maximum Gasteiger partial charge on any atom is 0.140 e. The molecular weight excluding hydrogens is 260 g/mol. The highest BCUT2D eigenvalue weighted by atomic mass is 15.1. The lowest BCUT2D eigenvalue weighted by molar-refractivity contribution is 0.579. The molecule has 3 aromatic rings. The monoisotopic (exact) mass is 278 g/mol. The number of fused-ring (bicyclic) bond motifs is 1. The van der Waals surface area contributed by atoms with E-state index in [0.29, 0.717) is 0 Å². The number of nitrogens with one attached hydrogen (secondary N) is 1. The van der Waals surface area contributed by atoms with Crippen LogP contribution in [0.5, 0.6) is 0 Å². The van der Waals surface area contributed by atoms with E-state index in [0.717, 1.165) is 30.0 Å². The van der Waals surface area contributed by atoms with E-state index in [-0.39, 0.29) is 0 Å². The topological polar surface area (TPSA) is 44.8 Å². The summed E-state index contributed by atoms with van der Waals surface area (Å²) in [5.41, 5.74) is 4.36. The summed E-state index contributed by atoms with van der Waals surface area (Å²) in [5, 5.41) is 1.19. The fraction of sp³-hybridized carbons (Fsp3) is 0.294. The van der Waals surface area contributed by atoms with Crippen molar-refractivity contribution in [2.75, 3.05) is 18.0 Å². The summed E-state index contributed by atoms with van der Waals surface area (Å²) in [4.78, 5) is 14.7. The van der Waals surface area contributed by atoms with Crippen molar-refractivity contribution in [3.8, 4) is 11.3 Å². The van der Waals surface area contributed by atoms with Gasteiger partial charge in [-0.2, -0.15) is 0 Å². The molecule has 4 heteroatoms. The van der Waals surface area contributed by atoms with Crippen LogP contribution in [0.1, 0.15) is 19.3 Å². The second kappa shape index (κ2) is 5.20. The standard InChI is InChI=1S/C17H18N4/c1-4-10-21(11-5-1)15-7-9-19-17-16(15)13(12-20-17)14-6-2-3-8-18-14/h2-3,6-9,12H,1,4-5,10-11H2,(H,19,20). The lowest BCUT2D eigenvalue weighted by atomic mass is 10.1. The van der Waals surface area contributed by atoms with Crippen LogP contribution in [0.25, 0.3) is 22.3 Å². The van der Waals surface area contributed by atoms with Gasteiger partial charge in [0.25, 0.3) is 0 Å². The molecule has 21 heavy (non-hydrogen) atoms. The first kappa shape index (κ1) is 12.4. The van der Waals surface area contributed by atoms with Crippen LogP contribution in [-0.2, 0) is 0 Å². The van der Waals surface area contributed by atoms with Crippen LogP contribution in [0.15, 0.2) is 42.9 Å². The summed E-state index contributed by atoms with van der Waals surface area (Å²) >= 11 is 0. The molecule has 1 saturated heterocycles. The van der Waals surface area contributed by atoms with Gasteiger partial charge in [-0.3, -0.25) is 4.98 Å². The zero-order chi connectivity index (χ0) is 14.1. The maximum atomic E-state index is 4.49. The van der Waals surface area contributed by atoms with Gasteiger partial charge in [0.2, 0.25) is 0 Å². The number of piperidine rings is 1. The molecule has 0 amide bonds. The van der Waals surface area contributed by atoms with Crippen LogP contribution < -0.4 is 4.90 Å². The molecule has 0 atom stereocenters. The van der Waals surface area contributed by atoms with E-state index in [9.17, 15) is 0 Å². The van der Waals surface area contributed by atoms with Crippen LogP contribution in [0.2, 0.25) is 0 Å². The lowest BCUT2D eigenvalue weighted by Gasteiger charge is -2.29. The molecule has 0 saturated carbocycles. The largest absolute Gasteiger partial charge is 0.371 e. The number of rotatable bonds is 2. The quantitative estimate of drug-likeness (QED) is 0.778. The van der Waals surface area contributed by atoms with Crippen molar-refractivity contribution in [3.63, 3.8) is 0 Å². The molecule has 1 N–H and O–H groups in total. The zero-order valence-corrected chi connectivity index (χ0v) is 11.9. The summed E-state index contributed by atoms with van der Waals surface area (Å²) in [6.07, 6.45) is 9.63. The summed E-state index contributed by atoms with van der Waals surface area (Å²) in [7, 11) is 0. The lowest BCUT2D eigenvalue weighted by Crippen LogP contribution is -2.29. The number of pyridine rings is 2. The molecule has 3 aromatic heterocycles. The van der Waals surface area contributed by atoms with Crippen molar-refractivity contribution in [1.82, 2.24) is 15.0 Å². The number of H-pyrrole nitrogens is 1. The summed E-state index contributed by atoms with van der Waals surface area (Å²) in [5.74, 6) is 0. The van der Waals surface area contributed by atoms with Gasteiger partial charge >= 0.3 is 0 Å².